The van der Waals surface area contributed by atoms with E-state index in [1.165, 1.54) is 11.3 Å². The summed E-state index contributed by atoms with van der Waals surface area (Å²) in [6.45, 7) is 4.11. The van der Waals surface area contributed by atoms with Gasteiger partial charge >= 0.3 is 0 Å². The van der Waals surface area contributed by atoms with Crippen LogP contribution >= 0.6 is 11.3 Å². The van der Waals surface area contributed by atoms with Gasteiger partial charge in [-0.1, -0.05) is 6.08 Å². The topological polar surface area (TPSA) is 54.5 Å². The van der Waals surface area contributed by atoms with Crippen molar-refractivity contribution in [1.82, 2.24) is 4.90 Å². The molecule has 1 aliphatic carbocycles. The second kappa shape index (κ2) is 5.57. The number of hydrogen-bond donors (Lipinski definition) is 0. The average Bonchev–Trinajstić information content (AvgIpc) is 3.05. The summed E-state index contributed by atoms with van der Waals surface area (Å²) >= 11 is 1.46. The molecule has 0 bridgehead atoms. The molecule has 1 saturated carbocycles. The van der Waals surface area contributed by atoms with E-state index < -0.39 is 9.84 Å². The number of nitrogens with zero attached hydrogens (tertiary/aromatic N) is 1. The molecule has 1 amide bonds. The minimum absolute atomic E-state index is 0.0334. The van der Waals surface area contributed by atoms with Crippen LogP contribution in [0, 0.1) is 0 Å². The van der Waals surface area contributed by atoms with Gasteiger partial charge in [-0.05, 0) is 42.2 Å². The van der Waals surface area contributed by atoms with Crippen LogP contribution < -0.4 is 0 Å². The van der Waals surface area contributed by atoms with Gasteiger partial charge in [-0.25, -0.2) is 8.42 Å². The molecule has 1 atom stereocenters. The van der Waals surface area contributed by atoms with Gasteiger partial charge in [-0.15, -0.1) is 17.9 Å². The molecule has 2 aliphatic rings. The largest absolute Gasteiger partial charge is 0.330 e. The third-order valence-corrected chi connectivity index (χ3v) is 6.81. The molecule has 1 saturated heterocycles. The van der Waals surface area contributed by atoms with Crippen LogP contribution in [0.5, 0.6) is 0 Å². The summed E-state index contributed by atoms with van der Waals surface area (Å²) < 4.78 is 23.4. The summed E-state index contributed by atoms with van der Waals surface area (Å²) in [5, 5.41) is 1.96. The molecule has 21 heavy (non-hydrogen) atoms. The molecule has 1 aromatic rings. The Bertz CT molecular complexity index is 658. The lowest BCUT2D eigenvalue weighted by atomic mass is 10.1. The fourth-order valence-corrected chi connectivity index (χ4v) is 5.57. The number of rotatable bonds is 5. The van der Waals surface area contributed by atoms with Gasteiger partial charge in [0.25, 0.3) is 5.91 Å². The fraction of sp³-hybridized carbons (Fsp3) is 0.533. The highest BCUT2D eigenvalue weighted by Gasteiger charge is 2.37. The van der Waals surface area contributed by atoms with Crippen molar-refractivity contribution in [1.29, 1.82) is 0 Å². The molecule has 0 aromatic carbocycles. The maximum Gasteiger partial charge on any atom is 0.264 e. The predicted molar refractivity (Wildman–Crippen MR) is 84.6 cm³/mol. The maximum absolute atomic E-state index is 12.8. The van der Waals surface area contributed by atoms with E-state index in [9.17, 15) is 13.2 Å². The van der Waals surface area contributed by atoms with Crippen LogP contribution in [0.25, 0.3) is 0 Å². The van der Waals surface area contributed by atoms with Crippen molar-refractivity contribution in [3.05, 3.63) is 34.5 Å². The van der Waals surface area contributed by atoms with Crippen LogP contribution in [0.2, 0.25) is 0 Å². The average molecular weight is 325 g/mol. The molecule has 6 heteroatoms. The molecule has 4 nitrogen and oxygen atoms in total. The van der Waals surface area contributed by atoms with Crippen LogP contribution in [-0.4, -0.2) is 43.3 Å². The first-order valence-electron chi connectivity index (χ1n) is 7.21. The molecular weight excluding hydrogens is 306 g/mol. The molecule has 2 heterocycles. The van der Waals surface area contributed by atoms with E-state index >= 15 is 0 Å². The van der Waals surface area contributed by atoms with Crippen molar-refractivity contribution in [3.8, 4) is 0 Å². The lowest BCUT2D eigenvalue weighted by molar-refractivity contribution is 0.0724. The standard InChI is InChI=1S/C15H19NO3S2/c1-2-7-16(12-6-9-21(18,19)10-12)15(17)14-13(5-8-20-14)11-3-4-11/h2,5,8,11-12H,1,3-4,6-7,9-10H2. The summed E-state index contributed by atoms with van der Waals surface area (Å²) in [4.78, 5) is 15.3. The van der Waals surface area contributed by atoms with E-state index in [2.05, 4.69) is 6.58 Å². The quantitative estimate of drug-likeness (QED) is 0.781. The van der Waals surface area contributed by atoms with Gasteiger partial charge in [0.1, 0.15) is 0 Å². The van der Waals surface area contributed by atoms with E-state index in [1.54, 1.807) is 11.0 Å². The highest BCUT2D eigenvalue weighted by Crippen LogP contribution is 2.43. The second-order valence-corrected chi connectivity index (χ2v) is 8.93. The number of carbonyl (C=O) groups is 1. The molecule has 0 N–H and O–H groups in total. The number of carbonyl (C=O) groups excluding carboxylic acids is 1. The van der Waals surface area contributed by atoms with Crippen molar-refractivity contribution in [2.75, 3.05) is 18.1 Å². The second-order valence-electron chi connectivity index (χ2n) is 5.78. The Hall–Kier alpha value is -1.14. The van der Waals surface area contributed by atoms with Crippen molar-refractivity contribution in [2.45, 2.75) is 31.2 Å². The fourth-order valence-electron chi connectivity index (χ4n) is 2.90. The Morgan fingerprint density at radius 3 is 2.76 bits per heavy atom. The van der Waals surface area contributed by atoms with Crippen LogP contribution in [0.1, 0.15) is 40.4 Å². The zero-order chi connectivity index (χ0) is 15.0. The molecule has 0 spiro atoms. The van der Waals surface area contributed by atoms with E-state index in [1.807, 2.05) is 11.4 Å². The van der Waals surface area contributed by atoms with E-state index in [-0.39, 0.29) is 23.5 Å². The molecular formula is C15H19NO3S2. The summed E-state index contributed by atoms with van der Waals surface area (Å²) in [5.41, 5.74) is 1.14. The van der Waals surface area contributed by atoms with E-state index in [0.717, 1.165) is 23.3 Å². The van der Waals surface area contributed by atoms with E-state index in [4.69, 9.17) is 0 Å². The lowest BCUT2D eigenvalue weighted by Crippen LogP contribution is -2.41. The highest BCUT2D eigenvalue weighted by atomic mass is 32.2. The lowest BCUT2D eigenvalue weighted by Gasteiger charge is -2.27. The van der Waals surface area contributed by atoms with Crippen LogP contribution in [0.4, 0.5) is 0 Å². The maximum atomic E-state index is 12.8. The third kappa shape index (κ3) is 3.06. The molecule has 3 rings (SSSR count). The minimum atomic E-state index is -3.00. The molecule has 1 aromatic heterocycles. The first kappa shape index (κ1) is 14.8. The van der Waals surface area contributed by atoms with Gasteiger partial charge in [0.2, 0.25) is 0 Å². The molecule has 2 fully saturated rings. The minimum Gasteiger partial charge on any atom is -0.330 e. The monoisotopic (exact) mass is 325 g/mol. The van der Waals surface area contributed by atoms with Crippen LogP contribution in [-0.2, 0) is 9.84 Å². The Morgan fingerprint density at radius 2 is 2.19 bits per heavy atom. The zero-order valence-electron chi connectivity index (χ0n) is 11.8. The first-order valence-corrected chi connectivity index (χ1v) is 9.91. The van der Waals surface area contributed by atoms with Crippen molar-refractivity contribution in [2.24, 2.45) is 0 Å². The summed E-state index contributed by atoms with van der Waals surface area (Å²) in [6.07, 6.45) is 4.51. The van der Waals surface area contributed by atoms with Gasteiger partial charge in [-0.3, -0.25) is 4.79 Å². The number of sulfone groups is 1. The summed E-state index contributed by atoms with van der Waals surface area (Å²) in [7, 11) is -3.00. The summed E-state index contributed by atoms with van der Waals surface area (Å²) in [6, 6.07) is 1.82. The predicted octanol–water partition coefficient (Wildman–Crippen LogP) is 2.44. The van der Waals surface area contributed by atoms with Gasteiger partial charge in [0, 0.05) is 12.6 Å². The third-order valence-electron chi connectivity index (χ3n) is 4.14. The van der Waals surface area contributed by atoms with Crippen molar-refractivity contribution < 1.29 is 13.2 Å². The smallest absolute Gasteiger partial charge is 0.264 e. The normalized spacial score (nSPS) is 23.9. The van der Waals surface area contributed by atoms with Gasteiger partial charge in [-0.2, -0.15) is 0 Å². The molecule has 1 unspecified atom stereocenters. The number of thiophene rings is 1. The molecule has 0 radical (unpaired) electrons. The Kier molecular flexibility index (Phi) is 3.92. The zero-order valence-corrected chi connectivity index (χ0v) is 13.5. The van der Waals surface area contributed by atoms with Gasteiger partial charge in [0.05, 0.1) is 16.4 Å². The van der Waals surface area contributed by atoms with Gasteiger partial charge in [0.15, 0.2) is 9.84 Å². The van der Waals surface area contributed by atoms with Crippen molar-refractivity contribution >= 4 is 27.1 Å². The van der Waals surface area contributed by atoms with Crippen LogP contribution in [0.3, 0.4) is 0 Å². The number of hydrogen-bond acceptors (Lipinski definition) is 4. The van der Waals surface area contributed by atoms with Gasteiger partial charge < -0.3 is 4.90 Å². The Labute approximate surface area is 129 Å². The van der Waals surface area contributed by atoms with E-state index in [0.29, 0.717) is 18.9 Å². The molecule has 114 valence electrons. The Morgan fingerprint density at radius 1 is 1.43 bits per heavy atom. The van der Waals surface area contributed by atoms with Crippen LogP contribution in [0.15, 0.2) is 24.1 Å². The highest BCUT2D eigenvalue weighted by molar-refractivity contribution is 7.91. The van der Waals surface area contributed by atoms with Crippen molar-refractivity contribution in [3.63, 3.8) is 0 Å². The number of amides is 1. The Balaban J connectivity index is 1.84. The first-order chi connectivity index (χ1) is 10.0. The SMILES string of the molecule is C=CCN(C(=O)c1sccc1C1CC1)C1CCS(=O)(=O)C1. The summed E-state index contributed by atoms with van der Waals surface area (Å²) in [5.74, 6) is 0.747. The molecule has 1 aliphatic heterocycles.